The van der Waals surface area contributed by atoms with E-state index in [0.717, 1.165) is 0 Å². The SMILES string of the molecule is CC(C)(C)c1ccc(-c2ccc3c4ccccc4c4c5ccccc5c5ccccc5c4c3c2)cc1. The second-order valence-electron chi connectivity index (χ2n) is 11.0. The third-order valence-electron chi connectivity index (χ3n) is 7.79. The van der Waals surface area contributed by atoms with E-state index >= 15 is 0 Å². The molecule has 0 saturated heterocycles. The van der Waals surface area contributed by atoms with Crippen LogP contribution in [0.15, 0.2) is 115 Å². The minimum absolute atomic E-state index is 0.150. The summed E-state index contributed by atoms with van der Waals surface area (Å²) in [6.07, 6.45) is 0. The Bertz CT molecular complexity index is 1930. The molecule has 7 aromatic carbocycles. The number of rotatable bonds is 1. The van der Waals surface area contributed by atoms with Crippen LogP contribution in [0.4, 0.5) is 0 Å². The Hall–Kier alpha value is -4.16. The van der Waals surface area contributed by atoms with Gasteiger partial charge in [-0.15, -0.1) is 0 Å². The van der Waals surface area contributed by atoms with Crippen LogP contribution in [0.3, 0.4) is 0 Å². The van der Waals surface area contributed by atoms with Gasteiger partial charge < -0.3 is 0 Å². The Balaban J connectivity index is 1.66. The summed E-state index contributed by atoms with van der Waals surface area (Å²) in [5.41, 5.74) is 4.03. The molecule has 7 rings (SSSR count). The summed E-state index contributed by atoms with van der Waals surface area (Å²) in [6, 6.07) is 42.8. The molecule has 0 aromatic heterocycles. The summed E-state index contributed by atoms with van der Waals surface area (Å²) in [6.45, 7) is 6.81. The van der Waals surface area contributed by atoms with E-state index in [-0.39, 0.29) is 5.41 Å². The molecule has 0 saturated carbocycles. The van der Waals surface area contributed by atoms with Gasteiger partial charge in [0.25, 0.3) is 0 Å². The van der Waals surface area contributed by atoms with E-state index < -0.39 is 0 Å². The first-order valence-corrected chi connectivity index (χ1v) is 12.8. The van der Waals surface area contributed by atoms with Crippen LogP contribution in [0.25, 0.3) is 65.0 Å². The van der Waals surface area contributed by atoms with Gasteiger partial charge in [0.1, 0.15) is 0 Å². The van der Waals surface area contributed by atoms with Crippen LogP contribution in [0.2, 0.25) is 0 Å². The Morgan fingerprint density at radius 1 is 0.361 bits per heavy atom. The van der Waals surface area contributed by atoms with E-state index in [1.807, 2.05) is 0 Å². The molecule has 0 nitrogen and oxygen atoms in total. The molecule has 0 spiro atoms. The van der Waals surface area contributed by atoms with Crippen molar-refractivity contribution >= 4 is 53.9 Å². The van der Waals surface area contributed by atoms with Gasteiger partial charge in [-0.3, -0.25) is 0 Å². The van der Waals surface area contributed by atoms with Gasteiger partial charge in [-0.05, 0) is 82.0 Å². The lowest BCUT2D eigenvalue weighted by Crippen LogP contribution is -2.10. The number of hydrogen-bond donors (Lipinski definition) is 0. The van der Waals surface area contributed by atoms with Crippen molar-refractivity contribution < 1.29 is 0 Å². The molecule has 0 aliphatic heterocycles. The maximum Gasteiger partial charge on any atom is -0.00137 e. The van der Waals surface area contributed by atoms with Crippen LogP contribution >= 0.6 is 0 Å². The smallest absolute Gasteiger partial charge is 0.00137 e. The normalized spacial score (nSPS) is 12.3. The van der Waals surface area contributed by atoms with Crippen LogP contribution in [0.5, 0.6) is 0 Å². The van der Waals surface area contributed by atoms with E-state index in [1.54, 1.807) is 0 Å². The molecular formula is C36H28. The van der Waals surface area contributed by atoms with Crippen LogP contribution in [-0.4, -0.2) is 0 Å². The van der Waals surface area contributed by atoms with Crippen molar-refractivity contribution in [3.05, 3.63) is 121 Å². The summed E-state index contributed by atoms with van der Waals surface area (Å²) in [7, 11) is 0. The highest BCUT2D eigenvalue weighted by atomic mass is 14.2. The van der Waals surface area contributed by atoms with Crippen molar-refractivity contribution in [2.24, 2.45) is 0 Å². The molecule has 7 aromatic rings. The van der Waals surface area contributed by atoms with Gasteiger partial charge >= 0.3 is 0 Å². The zero-order chi connectivity index (χ0) is 24.4. The van der Waals surface area contributed by atoms with Crippen LogP contribution in [0, 0.1) is 0 Å². The van der Waals surface area contributed by atoms with Crippen molar-refractivity contribution in [1.29, 1.82) is 0 Å². The molecule has 36 heavy (non-hydrogen) atoms. The predicted molar refractivity (Wildman–Crippen MR) is 158 cm³/mol. The standard InChI is InChI=1S/C36H28/c1-36(2,3)25-19-16-23(17-20-25)24-18-21-29-28-12-6-8-14-31(28)34-30-13-7-4-10-26(30)27-11-5-9-15-32(27)35(34)33(29)22-24/h4-22H,1-3H3. The molecule has 0 aliphatic rings. The second-order valence-corrected chi connectivity index (χ2v) is 11.0. The fourth-order valence-corrected chi connectivity index (χ4v) is 5.97. The summed E-state index contributed by atoms with van der Waals surface area (Å²) in [4.78, 5) is 0. The highest BCUT2D eigenvalue weighted by molar-refractivity contribution is 6.39. The van der Waals surface area contributed by atoms with Gasteiger partial charge in [-0.25, -0.2) is 0 Å². The maximum absolute atomic E-state index is 2.41. The first kappa shape index (κ1) is 21.1. The molecule has 0 fully saturated rings. The van der Waals surface area contributed by atoms with Crippen molar-refractivity contribution in [3.63, 3.8) is 0 Å². The molecule has 0 heterocycles. The molecule has 0 atom stereocenters. The zero-order valence-electron chi connectivity index (χ0n) is 21.0. The molecule has 0 bridgehead atoms. The minimum Gasteiger partial charge on any atom is -0.0616 e. The van der Waals surface area contributed by atoms with Crippen LogP contribution in [-0.2, 0) is 5.41 Å². The molecule has 172 valence electrons. The lowest BCUT2D eigenvalue weighted by Gasteiger charge is -2.19. The topological polar surface area (TPSA) is 0 Å². The highest BCUT2D eigenvalue weighted by Gasteiger charge is 2.17. The van der Waals surface area contributed by atoms with Crippen LogP contribution < -0.4 is 0 Å². The van der Waals surface area contributed by atoms with Gasteiger partial charge in [0.05, 0.1) is 0 Å². The highest BCUT2D eigenvalue weighted by Crippen LogP contribution is 2.44. The van der Waals surface area contributed by atoms with Gasteiger partial charge in [-0.1, -0.05) is 130 Å². The average molecular weight is 461 g/mol. The monoisotopic (exact) mass is 460 g/mol. The Labute approximate surface area is 211 Å². The molecular weight excluding hydrogens is 432 g/mol. The molecule has 0 radical (unpaired) electrons. The predicted octanol–water partition coefficient (Wildman–Crippen LogP) is 10.4. The van der Waals surface area contributed by atoms with Crippen molar-refractivity contribution in [3.8, 4) is 11.1 Å². The van der Waals surface area contributed by atoms with E-state index in [9.17, 15) is 0 Å². The number of benzene rings is 7. The zero-order valence-corrected chi connectivity index (χ0v) is 21.0. The van der Waals surface area contributed by atoms with E-state index in [2.05, 4.69) is 136 Å². The number of fused-ring (bicyclic) bond motifs is 11. The first-order chi connectivity index (χ1) is 17.5. The molecule has 0 N–H and O–H groups in total. The van der Waals surface area contributed by atoms with Gasteiger partial charge in [0, 0.05) is 0 Å². The molecule has 0 heteroatoms. The largest absolute Gasteiger partial charge is 0.0616 e. The Kier molecular flexibility index (Phi) is 4.51. The van der Waals surface area contributed by atoms with Crippen molar-refractivity contribution in [1.82, 2.24) is 0 Å². The molecule has 0 amide bonds. The first-order valence-electron chi connectivity index (χ1n) is 12.8. The Morgan fingerprint density at radius 2 is 0.750 bits per heavy atom. The lowest BCUT2D eigenvalue weighted by molar-refractivity contribution is 0.590. The Morgan fingerprint density at radius 3 is 1.22 bits per heavy atom. The summed E-state index contributed by atoms with van der Waals surface area (Å²) < 4.78 is 0. The second kappa shape index (κ2) is 7.67. The van der Waals surface area contributed by atoms with E-state index in [4.69, 9.17) is 0 Å². The summed E-state index contributed by atoms with van der Waals surface area (Å²) in [5, 5.41) is 13.3. The minimum atomic E-state index is 0.150. The average Bonchev–Trinajstić information content (AvgIpc) is 2.92. The lowest BCUT2D eigenvalue weighted by atomic mass is 9.85. The quantitative estimate of drug-likeness (QED) is 0.214. The molecule has 0 unspecified atom stereocenters. The van der Waals surface area contributed by atoms with E-state index in [1.165, 1.54) is 70.6 Å². The van der Waals surface area contributed by atoms with Gasteiger partial charge in [0.2, 0.25) is 0 Å². The summed E-state index contributed by atoms with van der Waals surface area (Å²) >= 11 is 0. The van der Waals surface area contributed by atoms with Gasteiger partial charge in [0.15, 0.2) is 0 Å². The van der Waals surface area contributed by atoms with Gasteiger partial charge in [-0.2, -0.15) is 0 Å². The fraction of sp³-hybridized carbons (Fsp3) is 0.111. The summed E-state index contributed by atoms with van der Waals surface area (Å²) in [5.74, 6) is 0. The third-order valence-corrected chi connectivity index (χ3v) is 7.79. The fourth-order valence-electron chi connectivity index (χ4n) is 5.97. The third kappa shape index (κ3) is 3.08. The van der Waals surface area contributed by atoms with Crippen LogP contribution in [0.1, 0.15) is 26.3 Å². The maximum atomic E-state index is 2.41. The number of hydrogen-bond acceptors (Lipinski definition) is 0. The van der Waals surface area contributed by atoms with E-state index in [0.29, 0.717) is 0 Å². The van der Waals surface area contributed by atoms with Crippen molar-refractivity contribution in [2.75, 3.05) is 0 Å². The molecule has 0 aliphatic carbocycles. The van der Waals surface area contributed by atoms with Crippen molar-refractivity contribution in [2.45, 2.75) is 26.2 Å².